The highest BCUT2D eigenvalue weighted by atomic mass is 32.1. The molecule has 1 atom stereocenters. The summed E-state index contributed by atoms with van der Waals surface area (Å²) in [6, 6.07) is 6.27. The Kier molecular flexibility index (Phi) is 4.60. The Morgan fingerprint density at radius 2 is 2.00 bits per heavy atom. The average molecular weight is 252 g/mol. The van der Waals surface area contributed by atoms with Crippen LogP contribution in [0.1, 0.15) is 44.5 Å². The number of nitrogens with one attached hydrogen (secondary N) is 1. The second-order valence-corrected chi connectivity index (χ2v) is 6.29. The van der Waals surface area contributed by atoms with Gasteiger partial charge in [-0.3, -0.25) is 0 Å². The molecular weight excluding hydrogens is 228 g/mol. The summed E-state index contributed by atoms with van der Waals surface area (Å²) < 4.78 is 0. The van der Waals surface area contributed by atoms with Crippen LogP contribution in [0.2, 0.25) is 0 Å². The zero-order valence-electron chi connectivity index (χ0n) is 11.1. The predicted molar refractivity (Wildman–Crippen MR) is 75.6 cm³/mol. The van der Waals surface area contributed by atoms with Gasteiger partial charge < -0.3 is 10.2 Å². The van der Waals surface area contributed by atoms with E-state index in [0.29, 0.717) is 18.1 Å². The van der Waals surface area contributed by atoms with Crippen molar-refractivity contribution in [3.63, 3.8) is 0 Å². The molecule has 1 aromatic heterocycles. The lowest BCUT2D eigenvalue weighted by molar-refractivity contribution is 0.157. The van der Waals surface area contributed by atoms with Gasteiger partial charge in [0.15, 0.2) is 0 Å². The molecule has 17 heavy (non-hydrogen) atoms. The van der Waals surface area contributed by atoms with Gasteiger partial charge in [0.05, 0.1) is 0 Å². The normalized spacial score (nSPS) is 20.9. The van der Waals surface area contributed by atoms with Crippen molar-refractivity contribution in [1.82, 2.24) is 10.2 Å². The van der Waals surface area contributed by atoms with Gasteiger partial charge in [-0.1, -0.05) is 6.07 Å². The third kappa shape index (κ3) is 3.54. The first-order valence-electron chi connectivity index (χ1n) is 6.70. The Labute approximate surface area is 109 Å². The van der Waals surface area contributed by atoms with E-state index >= 15 is 0 Å². The van der Waals surface area contributed by atoms with Crippen molar-refractivity contribution in [2.45, 2.75) is 51.7 Å². The Morgan fingerprint density at radius 3 is 2.53 bits per heavy atom. The summed E-state index contributed by atoms with van der Waals surface area (Å²) in [5, 5.41) is 5.93. The average Bonchev–Trinajstić information content (AvgIpc) is 2.83. The molecule has 0 saturated carbocycles. The largest absolute Gasteiger partial charge is 0.307 e. The first kappa shape index (κ1) is 13.1. The molecule has 0 unspecified atom stereocenters. The van der Waals surface area contributed by atoms with Crippen molar-refractivity contribution < 1.29 is 0 Å². The third-order valence-electron chi connectivity index (χ3n) is 3.72. The van der Waals surface area contributed by atoms with Crippen LogP contribution in [0, 0.1) is 0 Å². The number of likely N-dealkylation sites (tertiary alicyclic amines) is 1. The molecule has 1 aliphatic heterocycles. The summed E-state index contributed by atoms with van der Waals surface area (Å²) in [6.45, 7) is 9.35. The lowest BCUT2D eigenvalue weighted by Crippen LogP contribution is -2.45. The lowest BCUT2D eigenvalue weighted by Gasteiger charge is -2.36. The van der Waals surface area contributed by atoms with E-state index in [9.17, 15) is 0 Å². The fourth-order valence-electron chi connectivity index (χ4n) is 2.56. The van der Waals surface area contributed by atoms with Crippen LogP contribution in [0.25, 0.3) is 0 Å². The van der Waals surface area contributed by atoms with E-state index in [4.69, 9.17) is 0 Å². The molecule has 1 aromatic rings. The standard InChI is InChI=1S/C14H24N2S/c1-11(2)16-8-6-13(7-9-16)15-12(3)14-5-4-10-17-14/h4-5,10-13,15H,6-9H2,1-3H3/t12-/m1/s1. The summed E-state index contributed by atoms with van der Waals surface area (Å²) in [6.07, 6.45) is 2.57. The van der Waals surface area contributed by atoms with Crippen molar-refractivity contribution >= 4 is 11.3 Å². The van der Waals surface area contributed by atoms with Crippen molar-refractivity contribution in [3.8, 4) is 0 Å². The van der Waals surface area contributed by atoms with Gasteiger partial charge in [-0.2, -0.15) is 0 Å². The number of nitrogens with zero attached hydrogens (tertiary/aromatic N) is 1. The van der Waals surface area contributed by atoms with E-state index in [1.165, 1.54) is 30.8 Å². The molecule has 0 spiro atoms. The third-order valence-corrected chi connectivity index (χ3v) is 4.77. The van der Waals surface area contributed by atoms with Gasteiger partial charge in [-0.25, -0.2) is 0 Å². The Bertz CT molecular complexity index is 313. The summed E-state index contributed by atoms with van der Waals surface area (Å²) in [5.41, 5.74) is 0. The fraction of sp³-hybridized carbons (Fsp3) is 0.714. The molecule has 2 heterocycles. The molecule has 96 valence electrons. The van der Waals surface area contributed by atoms with Crippen LogP contribution in [0.4, 0.5) is 0 Å². The Morgan fingerprint density at radius 1 is 1.29 bits per heavy atom. The van der Waals surface area contributed by atoms with E-state index in [1.54, 1.807) is 0 Å². The van der Waals surface area contributed by atoms with Crippen molar-refractivity contribution in [2.75, 3.05) is 13.1 Å². The van der Waals surface area contributed by atoms with Gasteiger partial charge >= 0.3 is 0 Å². The molecule has 1 fully saturated rings. The molecule has 2 nitrogen and oxygen atoms in total. The van der Waals surface area contributed by atoms with Gasteiger partial charge in [0, 0.05) is 23.0 Å². The molecule has 0 amide bonds. The van der Waals surface area contributed by atoms with Crippen molar-refractivity contribution in [3.05, 3.63) is 22.4 Å². The van der Waals surface area contributed by atoms with E-state index in [2.05, 4.69) is 48.5 Å². The second-order valence-electron chi connectivity index (χ2n) is 5.31. The maximum Gasteiger partial charge on any atom is 0.0388 e. The Hall–Kier alpha value is -0.380. The summed E-state index contributed by atoms with van der Waals surface area (Å²) in [5.74, 6) is 0. The van der Waals surface area contributed by atoms with E-state index in [1.807, 2.05) is 11.3 Å². The fourth-order valence-corrected chi connectivity index (χ4v) is 3.30. The first-order valence-corrected chi connectivity index (χ1v) is 7.58. The highest BCUT2D eigenvalue weighted by molar-refractivity contribution is 7.10. The molecule has 0 aliphatic carbocycles. The minimum absolute atomic E-state index is 0.505. The van der Waals surface area contributed by atoms with Crippen LogP contribution in [0.15, 0.2) is 17.5 Å². The van der Waals surface area contributed by atoms with Crippen molar-refractivity contribution in [2.24, 2.45) is 0 Å². The number of rotatable bonds is 4. The van der Waals surface area contributed by atoms with Gasteiger partial charge in [-0.05, 0) is 58.1 Å². The number of piperidine rings is 1. The number of thiophene rings is 1. The minimum atomic E-state index is 0.505. The zero-order chi connectivity index (χ0) is 12.3. The molecule has 0 radical (unpaired) electrons. The van der Waals surface area contributed by atoms with Crippen molar-refractivity contribution in [1.29, 1.82) is 0 Å². The van der Waals surface area contributed by atoms with E-state index < -0.39 is 0 Å². The smallest absolute Gasteiger partial charge is 0.0388 e. The minimum Gasteiger partial charge on any atom is -0.307 e. The molecule has 0 aromatic carbocycles. The van der Waals surface area contributed by atoms with Crippen LogP contribution in [-0.4, -0.2) is 30.1 Å². The highest BCUT2D eigenvalue weighted by Crippen LogP contribution is 2.21. The molecule has 1 aliphatic rings. The molecule has 2 rings (SSSR count). The maximum absolute atomic E-state index is 3.76. The van der Waals surface area contributed by atoms with Crippen LogP contribution >= 0.6 is 11.3 Å². The quantitative estimate of drug-likeness (QED) is 0.885. The van der Waals surface area contributed by atoms with Crippen LogP contribution in [0.3, 0.4) is 0 Å². The topological polar surface area (TPSA) is 15.3 Å². The number of hydrogen-bond donors (Lipinski definition) is 1. The Balaban J connectivity index is 1.78. The lowest BCUT2D eigenvalue weighted by atomic mass is 10.0. The van der Waals surface area contributed by atoms with Gasteiger partial charge in [0.2, 0.25) is 0 Å². The monoisotopic (exact) mass is 252 g/mol. The molecule has 1 saturated heterocycles. The summed E-state index contributed by atoms with van der Waals surface area (Å²) >= 11 is 1.85. The zero-order valence-corrected chi connectivity index (χ0v) is 12.0. The molecular formula is C14H24N2S. The predicted octanol–water partition coefficient (Wildman–Crippen LogP) is 3.27. The molecule has 0 bridgehead atoms. The SMILES string of the molecule is CC(C)N1CCC(N[C@H](C)c2cccs2)CC1. The van der Waals surface area contributed by atoms with Crippen LogP contribution < -0.4 is 5.32 Å². The van der Waals surface area contributed by atoms with E-state index in [-0.39, 0.29) is 0 Å². The molecule has 3 heteroatoms. The van der Waals surface area contributed by atoms with Gasteiger partial charge in [-0.15, -0.1) is 11.3 Å². The van der Waals surface area contributed by atoms with Gasteiger partial charge in [0.25, 0.3) is 0 Å². The summed E-state index contributed by atoms with van der Waals surface area (Å²) in [4.78, 5) is 4.03. The van der Waals surface area contributed by atoms with E-state index in [0.717, 1.165) is 0 Å². The molecule has 1 N–H and O–H groups in total. The van der Waals surface area contributed by atoms with Crippen LogP contribution in [0.5, 0.6) is 0 Å². The number of hydrogen-bond acceptors (Lipinski definition) is 3. The first-order chi connectivity index (χ1) is 8.16. The summed E-state index contributed by atoms with van der Waals surface area (Å²) in [7, 11) is 0. The van der Waals surface area contributed by atoms with Gasteiger partial charge in [0.1, 0.15) is 0 Å². The van der Waals surface area contributed by atoms with Crippen LogP contribution in [-0.2, 0) is 0 Å². The maximum atomic E-state index is 3.76. The second kappa shape index (κ2) is 5.98. The highest BCUT2D eigenvalue weighted by Gasteiger charge is 2.22.